The lowest BCUT2D eigenvalue weighted by Crippen LogP contribution is -2.47. The zero-order valence-electron chi connectivity index (χ0n) is 15.8. The van der Waals surface area contributed by atoms with Crippen LogP contribution < -0.4 is 10.4 Å². The first-order chi connectivity index (χ1) is 13.8. The fourth-order valence-electron chi connectivity index (χ4n) is 3.32. The minimum atomic E-state index is -3.96. The van der Waals surface area contributed by atoms with Gasteiger partial charge in [0.05, 0.1) is 27.2 Å². The average Bonchev–Trinajstić information content (AvgIpc) is 3.07. The summed E-state index contributed by atoms with van der Waals surface area (Å²) in [5, 5.41) is 0. The summed E-state index contributed by atoms with van der Waals surface area (Å²) in [4.78, 5) is 33.3. The van der Waals surface area contributed by atoms with Crippen molar-refractivity contribution in [3.8, 4) is 0 Å². The topological polar surface area (TPSA) is 118 Å². The maximum absolute atomic E-state index is 13.0. The Morgan fingerprint density at radius 1 is 1.00 bits per heavy atom. The fraction of sp³-hybridized carbons (Fsp3) is 0.263. The number of hydrogen-bond donors (Lipinski definition) is 3. The number of anilines is 1. The monoisotopic (exact) mass is 415 g/mol. The van der Waals surface area contributed by atoms with Gasteiger partial charge in [0.15, 0.2) is 0 Å². The molecule has 0 saturated carbocycles. The Bertz CT molecular complexity index is 1220. The van der Waals surface area contributed by atoms with Gasteiger partial charge in [-0.05, 0) is 37.4 Å². The first-order valence-corrected chi connectivity index (χ1v) is 10.6. The van der Waals surface area contributed by atoms with Gasteiger partial charge in [0.2, 0.25) is 0 Å². The quantitative estimate of drug-likeness (QED) is 0.589. The van der Waals surface area contributed by atoms with Crippen LogP contribution in [0.15, 0.2) is 52.2 Å². The lowest BCUT2D eigenvalue weighted by Gasteiger charge is -2.32. The Morgan fingerprint density at radius 3 is 2.45 bits per heavy atom. The van der Waals surface area contributed by atoms with Gasteiger partial charge in [-0.25, -0.2) is 13.2 Å². The van der Waals surface area contributed by atoms with Gasteiger partial charge in [0.1, 0.15) is 0 Å². The maximum Gasteiger partial charge on any atom is 0.323 e. The highest BCUT2D eigenvalue weighted by Crippen LogP contribution is 2.23. The van der Waals surface area contributed by atoms with Crippen molar-refractivity contribution in [1.82, 2.24) is 19.8 Å². The molecular weight excluding hydrogens is 394 g/mol. The number of amides is 1. The van der Waals surface area contributed by atoms with Crippen LogP contribution in [0.2, 0.25) is 0 Å². The van der Waals surface area contributed by atoms with E-state index in [0.717, 1.165) is 13.1 Å². The molecule has 2 heterocycles. The predicted octanol–water partition coefficient (Wildman–Crippen LogP) is 1.04. The molecule has 0 aliphatic carbocycles. The number of rotatable bonds is 4. The third-order valence-electron chi connectivity index (χ3n) is 4.99. The highest BCUT2D eigenvalue weighted by Gasteiger charge is 2.24. The molecule has 3 N–H and O–H groups in total. The number of fused-ring (bicyclic) bond motifs is 1. The average molecular weight is 415 g/mol. The molecule has 3 aromatic rings. The van der Waals surface area contributed by atoms with Crippen LogP contribution in [0.5, 0.6) is 0 Å². The molecule has 10 heteroatoms. The summed E-state index contributed by atoms with van der Waals surface area (Å²) in [6, 6.07) is 10.9. The highest BCUT2D eigenvalue weighted by molar-refractivity contribution is 7.92. The van der Waals surface area contributed by atoms with Crippen molar-refractivity contribution in [3.05, 3.63) is 58.5 Å². The second kappa shape index (κ2) is 7.37. The largest absolute Gasteiger partial charge is 0.336 e. The lowest BCUT2D eigenvalue weighted by molar-refractivity contribution is 0.0665. The lowest BCUT2D eigenvalue weighted by atomic mass is 10.1. The number of sulfonamides is 1. The van der Waals surface area contributed by atoms with E-state index in [-0.39, 0.29) is 16.5 Å². The van der Waals surface area contributed by atoms with Gasteiger partial charge in [-0.1, -0.05) is 12.1 Å². The molecular formula is C19H21N5O4S. The number of nitrogens with one attached hydrogen (secondary N) is 3. The minimum Gasteiger partial charge on any atom is -0.336 e. The zero-order valence-corrected chi connectivity index (χ0v) is 16.6. The van der Waals surface area contributed by atoms with E-state index < -0.39 is 15.7 Å². The second-order valence-electron chi connectivity index (χ2n) is 7.03. The normalized spacial score (nSPS) is 15.6. The summed E-state index contributed by atoms with van der Waals surface area (Å²) < 4.78 is 28.3. The fourth-order valence-corrected chi connectivity index (χ4v) is 4.43. The predicted molar refractivity (Wildman–Crippen MR) is 110 cm³/mol. The molecule has 0 spiro atoms. The van der Waals surface area contributed by atoms with Crippen LogP contribution >= 0.6 is 0 Å². The second-order valence-corrected chi connectivity index (χ2v) is 8.72. The summed E-state index contributed by atoms with van der Waals surface area (Å²) in [6.07, 6.45) is 0. The van der Waals surface area contributed by atoms with Gasteiger partial charge >= 0.3 is 5.69 Å². The summed E-state index contributed by atoms with van der Waals surface area (Å²) in [5.41, 5.74) is 1.01. The Morgan fingerprint density at radius 2 is 1.69 bits per heavy atom. The highest BCUT2D eigenvalue weighted by atomic mass is 32.2. The molecule has 152 valence electrons. The van der Waals surface area contributed by atoms with E-state index in [9.17, 15) is 18.0 Å². The Kier molecular flexibility index (Phi) is 4.89. The molecule has 29 heavy (non-hydrogen) atoms. The van der Waals surface area contributed by atoms with Gasteiger partial charge in [0.25, 0.3) is 15.9 Å². The molecule has 0 atom stereocenters. The molecule has 1 aromatic heterocycles. The standard InChI is InChI=1S/C19H21N5O4S/c1-23-8-10-24(11-9-23)18(25)14-4-2-3-5-15(14)22-29(27,28)13-6-7-16-17(12-13)21-19(26)20-16/h2-7,12,22H,8-11H2,1H3,(H2,20,21,26). The van der Waals surface area contributed by atoms with E-state index in [0.29, 0.717) is 29.7 Å². The molecule has 1 saturated heterocycles. The molecule has 2 aromatic carbocycles. The SMILES string of the molecule is CN1CCN(C(=O)c2ccccc2NS(=O)(=O)c2ccc3[nH]c(=O)[nH]c3c2)CC1. The zero-order chi connectivity index (χ0) is 20.6. The number of para-hydroxylation sites is 1. The van der Waals surface area contributed by atoms with Crippen LogP contribution in [0.25, 0.3) is 11.0 Å². The summed E-state index contributed by atoms with van der Waals surface area (Å²) in [5.74, 6) is -0.207. The third-order valence-corrected chi connectivity index (χ3v) is 6.35. The number of carbonyl (C=O) groups excluding carboxylic acids is 1. The van der Waals surface area contributed by atoms with Crippen molar-refractivity contribution < 1.29 is 13.2 Å². The molecule has 9 nitrogen and oxygen atoms in total. The number of aromatic amines is 2. The smallest absolute Gasteiger partial charge is 0.323 e. The number of H-pyrrole nitrogens is 2. The van der Waals surface area contributed by atoms with Crippen molar-refractivity contribution in [2.75, 3.05) is 37.9 Å². The molecule has 1 aliphatic rings. The van der Waals surface area contributed by atoms with Gasteiger partial charge < -0.3 is 19.8 Å². The summed E-state index contributed by atoms with van der Waals surface area (Å²) in [7, 11) is -1.96. The van der Waals surface area contributed by atoms with Crippen LogP contribution in [0, 0.1) is 0 Å². The Balaban J connectivity index is 1.63. The molecule has 1 aliphatic heterocycles. The van der Waals surface area contributed by atoms with Crippen LogP contribution in [-0.2, 0) is 10.0 Å². The van der Waals surface area contributed by atoms with Crippen molar-refractivity contribution in [2.45, 2.75) is 4.90 Å². The van der Waals surface area contributed by atoms with Crippen molar-refractivity contribution in [3.63, 3.8) is 0 Å². The van der Waals surface area contributed by atoms with Crippen molar-refractivity contribution in [2.24, 2.45) is 0 Å². The number of likely N-dealkylation sites (N-methyl/N-ethyl adjacent to an activating group) is 1. The van der Waals surface area contributed by atoms with Gasteiger partial charge in [-0.2, -0.15) is 0 Å². The number of carbonyl (C=O) groups is 1. The molecule has 0 radical (unpaired) electrons. The number of benzene rings is 2. The minimum absolute atomic E-state index is 0.0119. The third kappa shape index (κ3) is 3.89. The van der Waals surface area contributed by atoms with Crippen LogP contribution in [-0.4, -0.2) is 67.3 Å². The van der Waals surface area contributed by atoms with E-state index >= 15 is 0 Å². The van der Waals surface area contributed by atoms with E-state index in [1.807, 2.05) is 7.05 Å². The molecule has 4 rings (SSSR count). The Hall–Kier alpha value is -3.11. The van der Waals surface area contributed by atoms with Crippen LogP contribution in [0.3, 0.4) is 0 Å². The number of piperazine rings is 1. The number of hydrogen-bond acceptors (Lipinski definition) is 5. The van der Waals surface area contributed by atoms with E-state index in [1.165, 1.54) is 18.2 Å². The van der Waals surface area contributed by atoms with Crippen LogP contribution in [0.1, 0.15) is 10.4 Å². The van der Waals surface area contributed by atoms with Gasteiger partial charge in [-0.3, -0.25) is 9.52 Å². The summed E-state index contributed by atoms with van der Waals surface area (Å²) >= 11 is 0. The first-order valence-electron chi connectivity index (χ1n) is 9.15. The Labute approximate surface area is 167 Å². The van der Waals surface area contributed by atoms with Gasteiger partial charge in [-0.15, -0.1) is 0 Å². The van der Waals surface area contributed by atoms with E-state index in [1.54, 1.807) is 29.2 Å². The maximum atomic E-state index is 13.0. The van der Waals surface area contributed by atoms with Crippen LogP contribution in [0.4, 0.5) is 5.69 Å². The molecule has 0 unspecified atom stereocenters. The molecule has 0 bridgehead atoms. The number of nitrogens with zero attached hydrogens (tertiary/aromatic N) is 2. The van der Waals surface area contributed by atoms with Crippen molar-refractivity contribution in [1.29, 1.82) is 0 Å². The molecule has 1 fully saturated rings. The van der Waals surface area contributed by atoms with Crippen molar-refractivity contribution >= 4 is 32.7 Å². The molecule has 1 amide bonds. The van der Waals surface area contributed by atoms with E-state index in [2.05, 4.69) is 19.6 Å². The summed E-state index contributed by atoms with van der Waals surface area (Å²) in [6.45, 7) is 2.73. The van der Waals surface area contributed by atoms with Gasteiger partial charge in [0, 0.05) is 26.2 Å². The first kappa shape index (κ1) is 19.2. The van der Waals surface area contributed by atoms with E-state index in [4.69, 9.17) is 0 Å². The number of imidazole rings is 1. The number of aromatic nitrogens is 2.